The third-order valence-electron chi connectivity index (χ3n) is 6.03. The molecule has 5 rings (SSSR count). The largest absolute Gasteiger partial charge is 0.497 e. The number of nitrogens with one attached hydrogen (secondary N) is 2. The van der Waals surface area contributed by atoms with Crippen LogP contribution in [0.3, 0.4) is 0 Å². The number of para-hydroxylation sites is 2. The molecule has 1 atom stereocenters. The van der Waals surface area contributed by atoms with Crippen LogP contribution in [0.4, 0.5) is 11.4 Å². The van der Waals surface area contributed by atoms with Crippen molar-refractivity contribution < 1.29 is 9.53 Å². The van der Waals surface area contributed by atoms with Gasteiger partial charge in [-0.2, -0.15) is 0 Å². The van der Waals surface area contributed by atoms with E-state index in [0.717, 1.165) is 33.9 Å². The van der Waals surface area contributed by atoms with Gasteiger partial charge in [-0.25, -0.2) is 0 Å². The van der Waals surface area contributed by atoms with Gasteiger partial charge in [0.2, 0.25) is 0 Å². The van der Waals surface area contributed by atoms with Crippen LogP contribution in [0, 0.1) is 0 Å². The van der Waals surface area contributed by atoms with E-state index in [2.05, 4.69) is 10.6 Å². The van der Waals surface area contributed by atoms with Crippen LogP contribution in [0.5, 0.6) is 5.75 Å². The smallest absolute Gasteiger partial charge is 0.256 e. The molecule has 0 saturated heterocycles. The molecule has 0 aliphatic carbocycles. The van der Waals surface area contributed by atoms with E-state index < -0.39 is 6.04 Å². The van der Waals surface area contributed by atoms with Crippen LogP contribution >= 0.6 is 12.2 Å². The Kier molecular flexibility index (Phi) is 6.78. The monoisotopic (exact) mass is 491 g/mol. The van der Waals surface area contributed by atoms with Crippen molar-refractivity contribution in [2.75, 3.05) is 17.3 Å². The van der Waals surface area contributed by atoms with Crippen LogP contribution in [0.15, 0.2) is 121 Å². The second-order valence-corrected chi connectivity index (χ2v) is 8.66. The molecule has 0 aromatic heterocycles. The summed E-state index contributed by atoms with van der Waals surface area (Å²) >= 11 is 5.91. The number of ether oxygens (including phenoxy) is 1. The number of thiocarbonyl (C=S) groups is 1. The van der Waals surface area contributed by atoms with Gasteiger partial charge in [0.05, 0.1) is 24.4 Å². The summed E-state index contributed by atoms with van der Waals surface area (Å²) in [6.45, 7) is 0. The van der Waals surface area contributed by atoms with Crippen molar-refractivity contribution in [3.63, 3.8) is 0 Å². The third kappa shape index (κ3) is 4.72. The van der Waals surface area contributed by atoms with Crippen LogP contribution in [0.2, 0.25) is 0 Å². The Balaban J connectivity index is 1.74. The highest BCUT2D eigenvalue weighted by Crippen LogP contribution is 2.39. The van der Waals surface area contributed by atoms with Crippen LogP contribution in [-0.4, -0.2) is 18.1 Å². The lowest BCUT2D eigenvalue weighted by molar-refractivity contribution is -0.113. The number of nitrogens with zero attached hydrogens (tertiary/aromatic N) is 1. The van der Waals surface area contributed by atoms with Crippen LogP contribution in [-0.2, 0) is 4.79 Å². The second-order valence-electron chi connectivity index (χ2n) is 8.28. The quantitative estimate of drug-likeness (QED) is 0.316. The maximum absolute atomic E-state index is 14.0. The number of benzene rings is 4. The molecule has 0 saturated carbocycles. The number of carbonyl (C=O) groups excluding carboxylic acids is 1. The van der Waals surface area contributed by atoms with Gasteiger partial charge in [-0.3, -0.25) is 9.69 Å². The number of rotatable bonds is 6. The predicted molar refractivity (Wildman–Crippen MR) is 149 cm³/mol. The molecule has 1 amide bonds. The van der Waals surface area contributed by atoms with Crippen molar-refractivity contribution in [3.8, 4) is 5.75 Å². The van der Waals surface area contributed by atoms with Gasteiger partial charge >= 0.3 is 0 Å². The number of anilines is 2. The maximum Gasteiger partial charge on any atom is 0.256 e. The molecule has 1 heterocycles. The van der Waals surface area contributed by atoms with Crippen LogP contribution in [0.1, 0.15) is 17.2 Å². The van der Waals surface area contributed by atoms with Gasteiger partial charge in [0.1, 0.15) is 5.75 Å². The molecule has 4 aromatic carbocycles. The summed E-state index contributed by atoms with van der Waals surface area (Å²) < 4.78 is 5.35. The number of hydrogen-bond donors (Lipinski definition) is 2. The summed E-state index contributed by atoms with van der Waals surface area (Å²) in [6.07, 6.45) is 0. The SMILES string of the molecule is COc1ccc([C@H]2NC(=S)N(c3ccccc3)C(c3ccccc3)=C2C(=O)Nc2ccccc2)cc1. The number of hydrogen-bond acceptors (Lipinski definition) is 3. The first-order valence-corrected chi connectivity index (χ1v) is 12.0. The first-order chi connectivity index (χ1) is 17.7. The highest BCUT2D eigenvalue weighted by atomic mass is 32.1. The first kappa shape index (κ1) is 23.3. The Labute approximate surface area is 216 Å². The van der Waals surface area contributed by atoms with E-state index >= 15 is 0 Å². The number of amides is 1. The molecule has 0 fully saturated rings. The van der Waals surface area contributed by atoms with E-state index in [1.165, 1.54) is 0 Å². The van der Waals surface area contributed by atoms with E-state index in [1.807, 2.05) is 120 Å². The average Bonchev–Trinajstić information content (AvgIpc) is 2.94. The zero-order valence-electron chi connectivity index (χ0n) is 19.7. The highest BCUT2D eigenvalue weighted by molar-refractivity contribution is 7.80. The summed E-state index contributed by atoms with van der Waals surface area (Å²) in [6, 6.07) is 36.4. The van der Waals surface area contributed by atoms with Gasteiger partial charge in [-0.1, -0.05) is 78.9 Å². The fraction of sp³-hybridized carbons (Fsp3) is 0.0667. The fourth-order valence-electron chi connectivity index (χ4n) is 4.33. The van der Waals surface area contributed by atoms with Crippen molar-refractivity contribution >= 4 is 40.3 Å². The Morgan fingerprint density at radius 2 is 1.42 bits per heavy atom. The zero-order valence-corrected chi connectivity index (χ0v) is 20.5. The molecule has 36 heavy (non-hydrogen) atoms. The van der Waals surface area contributed by atoms with Crippen molar-refractivity contribution in [1.29, 1.82) is 0 Å². The molecule has 2 N–H and O–H groups in total. The Bertz CT molecular complexity index is 1390. The van der Waals surface area contributed by atoms with Crippen LogP contribution < -0.4 is 20.3 Å². The van der Waals surface area contributed by atoms with Gasteiger partial charge in [0.25, 0.3) is 5.91 Å². The van der Waals surface area contributed by atoms with Gasteiger partial charge in [-0.15, -0.1) is 0 Å². The molecule has 0 bridgehead atoms. The lowest BCUT2D eigenvalue weighted by Crippen LogP contribution is -2.48. The van der Waals surface area contributed by atoms with E-state index in [4.69, 9.17) is 17.0 Å². The Morgan fingerprint density at radius 3 is 2.03 bits per heavy atom. The topological polar surface area (TPSA) is 53.6 Å². The summed E-state index contributed by atoms with van der Waals surface area (Å²) in [5, 5.41) is 7.03. The molecular weight excluding hydrogens is 466 g/mol. The van der Waals surface area contributed by atoms with Gasteiger partial charge in [0, 0.05) is 11.4 Å². The van der Waals surface area contributed by atoms with Gasteiger partial charge < -0.3 is 15.4 Å². The molecule has 5 nitrogen and oxygen atoms in total. The minimum atomic E-state index is -0.470. The van der Waals surface area contributed by atoms with E-state index in [1.54, 1.807) is 7.11 Å². The molecule has 4 aromatic rings. The molecule has 1 aliphatic heterocycles. The first-order valence-electron chi connectivity index (χ1n) is 11.6. The van der Waals surface area contributed by atoms with Crippen molar-refractivity contribution in [1.82, 2.24) is 5.32 Å². The maximum atomic E-state index is 14.0. The van der Waals surface area contributed by atoms with Crippen LogP contribution in [0.25, 0.3) is 5.70 Å². The standard InChI is InChI=1S/C30H25N3O2S/c1-35-25-19-17-21(18-20-25)27-26(29(34)31-23-13-7-3-8-14-23)28(22-11-5-2-6-12-22)33(30(36)32-27)24-15-9-4-10-16-24/h2-20,27H,1H3,(H,31,34)(H,32,36)/t27-/m1/s1. The molecule has 0 unspecified atom stereocenters. The Morgan fingerprint density at radius 1 is 0.833 bits per heavy atom. The molecule has 0 spiro atoms. The average molecular weight is 492 g/mol. The predicted octanol–water partition coefficient (Wildman–Crippen LogP) is 6.18. The lowest BCUT2D eigenvalue weighted by atomic mass is 9.90. The Hall–Kier alpha value is -4.42. The van der Waals surface area contributed by atoms with E-state index in [-0.39, 0.29) is 5.91 Å². The molecule has 0 radical (unpaired) electrons. The molecule has 178 valence electrons. The minimum Gasteiger partial charge on any atom is -0.497 e. The molecule has 1 aliphatic rings. The summed E-state index contributed by atoms with van der Waals surface area (Å²) in [7, 11) is 1.63. The van der Waals surface area contributed by atoms with Crippen molar-refractivity contribution in [2.45, 2.75) is 6.04 Å². The fourth-order valence-corrected chi connectivity index (χ4v) is 4.64. The highest BCUT2D eigenvalue weighted by Gasteiger charge is 2.37. The third-order valence-corrected chi connectivity index (χ3v) is 6.33. The molecular formula is C30H25N3O2S. The van der Waals surface area contributed by atoms with E-state index in [0.29, 0.717) is 10.7 Å². The van der Waals surface area contributed by atoms with Gasteiger partial charge in [0.15, 0.2) is 5.11 Å². The van der Waals surface area contributed by atoms with Gasteiger partial charge in [-0.05, 0) is 59.7 Å². The van der Waals surface area contributed by atoms with Crippen molar-refractivity contribution in [3.05, 3.63) is 132 Å². The lowest BCUT2D eigenvalue weighted by Gasteiger charge is -2.39. The van der Waals surface area contributed by atoms with E-state index in [9.17, 15) is 4.79 Å². The summed E-state index contributed by atoms with van der Waals surface area (Å²) in [5.74, 6) is 0.530. The second kappa shape index (κ2) is 10.5. The number of methoxy groups -OCH3 is 1. The van der Waals surface area contributed by atoms with Crippen molar-refractivity contribution in [2.24, 2.45) is 0 Å². The normalized spacial score (nSPS) is 15.3. The minimum absolute atomic E-state index is 0.211. The number of carbonyl (C=O) groups is 1. The summed E-state index contributed by atoms with van der Waals surface area (Å²) in [4.78, 5) is 16.0. The molecule has 6 heteroatoms. The summed E-state index contributed by atoms with van der Waals surface area (Å²) in [5.41, 5.74) is 4.68. The zero-order chi connectivity index (χ0) is 24.9.